The van der Waals surface area contributed by atoms with Gasteiger partial charge in [0.15, 0.2) is 0 Å². The topological polar surface area (TPSA) is 59.2 Å². The Bertz CT molecular complexity index is 446. The molecule has 1 aliphatic heterocycles. The third kappa shape index (κ3) is 2.07. The Hall–Kier alpha value is -0.650. The van der Waals surface area contributed by atoms with Crippen LogP contribution in [0.15, 0.2) is 6.20 Å². The molecule has 6 heteroatoms. The second kappa shape index (κ2) is 4.23. The first-order valence-electron chi connectivity index (χ1n) is 5.85. The Morgan fingerprint density at radius 3 is 2.82 bits per heavy atom. The quantitative estimate of drug-likeness (QED) is 0.894. The van der Waals surface area contributed by atoms with Gasteiger partial charge in [0.2, 0.25) is 5.91 Å². The first-order chi connectivity index (χ1) is 8.16. The summed E-state index contributed by atoms with van der Waals surface area (Å²) in [5.74, 6) is 0.213. The highest BCUT2D eigenvalue weighted by atomic mass is 35.5. The Kier molecular flexibility index (Phi) is 2.84. The van der Waals surface area contributed by atoms with Crippen LogP contribution in [0.1, 0.15) is 36.7 Å². The lowest BCUT2D eigenvalue weighted by Gasteiger charge is -2.38. The van der Waals surface area contributed by atoms with Crippen molar-refractivity contribution in [1.82, 2.24) is 9.88 Å². The van der Waals surface area contributed by atoms with E-state index in [9.17, 15) is 4.79 Å². The molecule has 4 nitrogen and oxygen atoms in total. The maximum atomic E-state index is 12.0. The summed E-state index contributed by atoms with van der Waals surface area (Å²) in [6, 6.07) is 0.290. The Balaban J connectivity index is 1.94. The van der Waals surface area contributed by atoms with Gasteiger partial charge in [0.05, 0.1) is 12.2 Å². The minimum absolute atomic E-state index is 0.0180. The third-order valence-corrected chi connectivity index (χ3v) is 4.56. The van der Waals surface area contributed by atoms with E-state index in [4.69, 9.17) is 17.3 Å². The standard InChI is InChI=1S/C11H14ClN3OS/c12-8-5-14-11(17-8)10-7(13)3-4-9(16)15(10)6-1-2-6/h5-7,10H,1-4,13H2. The maximum Gasteiger partial charge on any atom is 0.223 e. The molecule has 17 heavy (non-hydrogen) atoms. The van der Waals surface area contributed by atoms with Crippen LogP contribution in [-0.4, -0.2) is 27.9 Å². The monoisotopic (exact) mass is 271 g/mol. The molecule has 0 bridgehead atoms. The van der Waals surface area contributed by atoms with Crippen LogP contribution in [0.2, 0.25) is 4.34 Å². The number of amides is 1. The zero-order chi connectivity index (χ0) is 12.0. The summed E-state index contributed by atoms with van der Waals surface area (Å²) in [5, 5.41) is 0.877. The molecule has 2 unspecified atom stereocenters. The minimum Gasteiger partial charge on any atom is -0.329 e. The third-order valence-electron chi connectivity index (χ3n) is 3.37. The molecule has 1 saturated carbocycles. The van der Waals surface area contributed by atoms with Gasteiger partial charge in [-0.1, -0.05) is 11.6 Å². The van der Waals surface area contributed by atoms with Crippen molar-refractivity contribution < 1.29 is 4.79 Å². The number of nitrogens with two attached hydrogens (primary N) is 1. The largest absolute Gasteiger partial charge is 0.329 e. The second-order valence-electron chi connectivity index (χ2n) is 4.68. The van der Waals surface area contributed by atoms with Crippen LogP contribution in [0.4, 0.5) is 0 Å². The lowest BCUT2D eigenvalue weighted by molar-refractivity contribution is -0.138. The second-order valence-corrected chi connectivity index (χ2v) is 6.38. The van der Waals surface area contributed by atoms with Crippen LogP contribution >= 0.6 is 22.9 Å². The number of piperidine rings is 1. The average Bonchev–Trinajstić information content (AvgIpc) is 3.04. The number of rotatable bonds is 2. The summed E-state index contributed by atoms with van der Waals surface area (Å²) in [6.45, 7) is 0. The fourth-order valence-corrected chi connectivity index (χ4v) is 3.53. The molecule has 1 saturated heterocycles. The van der Waals surface area contributed by atoms with Gasteiger partial charge < -0.3 is 10.6 Å². The van der Waals surface area contributed by atoms with E-state index in [2.05, 4.69) is 4.98 Å². The first-order valence-corrected chi connectivity index (χ1v) is 7.04. The van der Waals surface area contributed by atoms with Crippen LogP contribution in [0.25, 0.3) is 0 Å². The van der Waals surface area contributed by atoms with Gasteiger partial charge in [0.25, 0.3) is 0 Å². The van der Waals surface area contributed by atoms with Crippen LogP contribution < -0.4 is 5.73 Å². The van der Waals surface area contributed by atoms with Gasteiger partial charge in [0.1, 0.15) is 9.34 Å². The zero-order valence-electron chi connectivity index (χ0n) is 9.30. The summed E-state index contributed by atoms with van der Waals surface area (Å²) in [7, 11) is 0. The molecule has 0 spiro atoms. The number of thiazole rings is 1. The van der Waals surface area contributed by atoms with Gasteiger partial charge in [-0.05, 0) is 19.3 Å². The molecule has 92 valence electrons. The van der Waals surface area contributed by atoms with Crippen molar-refractivity contribution in [2.24, 2.45) is 5.73 Å². The minimum atomic E-state index is -0.0683. The van der Waals surface area contributed by atoms with E-state index >= 15 is 0 Å². The van der Waals surface area contributed by atoms with Crippen molar-refractivity contribution in [3.8, 4) is 0 Å². The highest BCUT2D eigenvalue weighted by Crippen LogP contribution is 2.41. The molecule has 1 amide bonds. The lowest BCUT2D eigenvalue weighted by atomic mass is 9.96. The van der Waals surface area contributed by atoms with E-state index < -0.39 is 0 Å². The SMILES string of the molecule is NC1CCC(=O)N(C2CC2)C1c1ncc(Cl)s1. The Morgan fingerprint density at radius 2 is 2.24 bits per heavy atom. The molecular formula is C11H14ClN3OS. The maximum absolute atomic E-state index is 12.0. The number of hydrogen-bond donors (Lipinski definition) is 1. The van der Waals surface area contributed by atoms with E-state index in [1.54, 1.807) is 6.20 Å². The number of hydrogen-bond acceptors (Lipinski definition) is 4. The van der Waals surface area contributed by atoms with Gasteiger partial charge in [-0.25, -0.2) is 4.98 Å². The number of aromatic nitrogens is 1. The number of halogens is 1. The van der Waals surface area contributed by atoms with Crippen molar-refractivity contribution in [2.45, 2.75) is 43.8 Å². The fraction of sp³-hybridized carbons (Fsp3) is 0.636. The van der Waals surface area contributed by atoms with Gasteiger partial charge in [0, 0.05) is 18.5 Å². The molecule has 2 atom stereocenters. The van der Waals surface area contributed by atoms with Crippen LogP contribution in [-0.2, 0) is 4.79 Å². The fourth-order valence-electron chi connectivity index (χ4n) is 2.43. The molecular weight excluding hydrogens is 258 g/mol. The molecule has 0 radical (unpaired) electrons. The van der Waals surface area contributed by atoms with Crippen molar-refractivity contribution >= 4 is 28.8 Å². The lowest BCUT2D eigenvalue weighted by Crippen LogP contribution is -2.49. The van der Waals surface area contributed by atoms with Crippen molar-refractivity contribution in [2.75, 3.05) is 0 Å². The van der Waals surface area contributed by atoms with Crippen molar-refractivity contribution in [1.29, 1.82) is 0 Å². The van der Waals surface area contributed by atoms with Crippen LogP contribution in [0.5, 0.6) is 0 Å². The molecule has 2 aliphatic rings. The molecule has 1 aromatic rings. The van der Waals surface area contributed by atoms with E-state index in [0.29, 0.717) is 16.8 Å². The summed E-state index contributed by atoms with van der Waals surface area (Å²) >= 11 is 7.35. The number of carbonyl (C=O) groups excluding carboxylic acids is 1. The van der Waals surface area contributed by atoms with Crippen LogP contribution in [0, 0.1) is 0 Å². The highest BCUT2D eigenvalue weighted by Gasteiger charge is 2.44. The molecule has 3 rings (SSSR count). The van der Waals surface area contributed by atoms with E-state index in [1.807, 2.05) is 4.90 Å². The van der Waals surface area contributed by atoms with E-state index in [-0.39, 0.29) is 18.0 Å². The predicted molar refractivity (Wildman–Crippen MR) is 66.9 cm³/mol. The van der Waals surface area contributed by atoms with E-state index in [1.165, 1.54) is 11.3 Å². The molecule has 0 aromatic carbocycles. The van der Waals surface area contributed by atoms with Gasteiger partial charge in [-0.2, -0.15) is 0 Å². The van der Waals surface area contributed by atoms with Crippen LogP contribution in [0.3, 0.4) is 0 Å². The van der Waals surface area contributed by atoms with Gasteiger partial charge in [-0.3, -0.25) is 4.79 Å². The van der Waals surface area contributed by atoms with Crippen molar-refractivity contribution in [3.63, 3.8) is 0 Å². The Morgan fingerprint density at radius 1 is 1.47 bits per heavy atom. The molecule has 1 aliphatic carbocycles. The summed E-state index contributed by atoms with van der Waals surface area (Å²) in [5.41, 5.74) is 6.17. The van der Waals surface area contributed by atoms with Gasteiger partial charge in [-0.15, -0.1) is 11.3 Å². The molecule has 2 heterocycles. The summed E-state index contributed by atoms with van der Waals surface area (Å²) in [4.78, 5) is 18.3. The summed E-state index contributed by atoms with van der Waals surface area (Å²) in [6.07, 6.45) is 5.12. The zero-order valence-corrected chi connectivity index (χ0v) is 10.9. The highest BCUT2D eigenvalue weighted by molar-refractivity contribution is 7.15. The van der Waals surface area contributed by atoms with Crippen molar-refractivity contribution in [3.05, 3.63) is 15.5 Å². The molecule has 2 N–H and O–H groups in total. The average molecular weight is 272 g/mol. The van der Waals surface area contributed by atoms with Gasteiger partial charge >= 0.3 is 0 Å². The normalized spacial score (nSPS) is 29.8. The number of carbonyl (C=O) groups is 1. The number of likely N-dealkylation sites (tertiary alicyclic amines) is 1. The Labute approximate surface area is 109 Å². The molecule has 1 aromatic heterocycles. The smallest absolute Gasteiger partial charge is 0.223 e. The number of nitrogens with zero attached hydrogens (tertiary/aromatic N) is 2. The predicted octanol–water partition coefficient (Wildman–Crippen LogP) is 1.95. The first kappa shape index (κ1) is 11.4. The summed E-state index contributed by atoms with van der Waals surface area (Å²) < 4.78 is 0.654. The van der Waals surface area contributed by atoms with E-state index in [0.717, 1.165) is 24.3 Å². The molecule has 2 fully saturated rings.